The number of anilines is 1. The van der Waals surface area contributed by atoms with Crippen LogP contribution in [0.4, 0.5) is 5.69 Å². The number of carbonyl (C=O) groups is 4. The van der Waals surface area contributed by atoms with Gasteiger partial charge in [0.05, 0.1) is 26.9 Å². The van der Waals surface area contributed by atoms with E-state index in [1.165, 1.54) is 24.3 Å². The number of hydrogen-bond acceptors (Lipinski definition) is 5. The standard InChI is InChI=1S/C22H11Cl2N3O5/c23-16-5-2-11(8-17(16)24)27-22(31)15(21(30)26-27)9-12-3-6-18(32-12)10-1-4-13-14(7-10)20(29)25-19(13)28/h1-9H,(H,26,30)(H,25,28,29)/b15-9-. The van der Waals surface area contributed by atoms with Gasteiger partial charge in [0.15, 0.2) is 0 Å². The van der Waals surface area contributed by atoms with Crippen molar-refractivity contribution in [3.8, 4) is 11.3 Å². The van der Waals surface area contributed by atoms with Gasteiger partial charge >= 0.3 is 0 Å². The SMILES string of the molecule is O=C1NN(c2ccc(Cl)c(Cl)c2)C(=O)/C1=C\c1ccc(-c2ccc3c(c2)C(=O)NC3=O)o1. The van der Waals surface area contributed by atoms with Gasteiger partial charge in [-0.1, -0.05) is 29.3 Å². The summed E-state index contributed by atoms with van der Waals surface area (Å²) in [6.07, 6.45) is 1.32. The van der Waals surface area contributed by atoms with Crippen molar-refractivity contribution in [2.45, 2.75) is 0 Å². The number of carbonyl (C=O) groups excluding carboxylic acids is 4. The molecule has 4 amide bonds. The summed E-state index contributed by atoms with van der Waals surface area (Å²) in [7, 11) is 0. The first-order chi connectivity index (χ1) is 15.3. The highest BCUT2D eigenvalue weighted by atomic mass is 35.5. The minimum Gasteiger partial charge on any atom is -0.457 e. The Balaban J connectivity index is 1.43. The summed E-state index contributed by atoms with van der Waals surface area (Å²) in [5.41, 5.74) is 3.81. The maximum atomic E-state index is 12.8. The molecule has 10 heteroatoms. The lowest BCUT2D eigenvalue weighted by Crippen LogP contribution is -2.35. The third-order valence-corrected chi connectivity index (χ3v) is 5.73. The van der Waals surface area contributed by atoms with E-state index in [9.17, 15) is 19.2 Å². The second-order valence-electron chi connectivity index (χ2n) is 6.98. The lowest BCUT2D eigenvalue weighted by Gasteiger charge is -2.15. The Hall–Kier alpha value is -3.88. The molecule has 0 aliphatic carbocycles. The zero-order valence-corrected chi connectivity index (χ0v) is 17.5. The molecule has 0 saturated carbocycles. The molecule has 1 aromatic heterocycles. The van der Waals surface area contributed by atoms with Crippen molar-refractivity contribution < 1.29 is 23.6 Å². The molecule has 158 valence electrons. The Morgan fingerprint density at radius 2 is 1.59 bits per heavy atom. The van der Waals surface area contributed by atoms with Crippen molar-refractivity contribution in [3.63, 3.8) is 0 Å². The predicted molar refractivity (Wildman–Crippen MR) is 116 cm³/mol. The number of benzene rings is 2. The summed E-state index contributed by atoms with van der Waals surface area (Å²) in [6.45, 7) is 0. The number of furan rings is 1. The normalized spacial score (nSPS) is 16.6. The number of nitrogens with one attached hydrogen (secondary N) is 2. The molecule has 5 rings (SSSR count). The highest BCUT2D eigenvalue weighted by Gasteiger charge is 2.35. The van der Waals surface area contributed by atoms with Crippen LogP contribution >= 0.6 is 23.2 Å². The van der Waals surface area contributed by atoms with Gasteiger partial charge in [-0.25, -0.2) is 5.01 Å². The van der Waals surface area contributed by atoms with Crippen molar-refractivity contribution >= 4 is 58.6 Å². The molecule has 2 aromatic carbocycles. The second kappa shape index (κ2) is 7.37. The Bertz CT molecular complexity index is 1390. The van der Waals surface area contributed by atoms with Gasteiger partial charge in [-0.05, 0) is 48.5 Å². The quantitative estimate of drug-likeness (QED) is 0.347. The first-order valence-corrected chi connectivity index (χ1v) is 9.99. The summed E-state index contributed by atoms with van der Waals surface area (Å²) in [6, 6.07) is 12.5. The number of nitrogens with zero attached hydrogens (tertiary/aromatic N) is 1. The Morgan fingerprint density at radius 3 is 2.38 bits per heavy atom. The molecule has 0 atom stereocenters. The van der Waals surface area contributed by atoms with E-state index >= 15 is 0 Å². The molecule has 2 aliphatic rings. The van der Waals surface area contributed by atoms with E-state index in [0.717, 1.165) is 5.01 Å². The van der Waals surface area contributed by atoms with Crippen LogP contribution in [0.1, 0.15) is 26.5 Å². The fourth-order valence-corrected chi connectivity index (χ4v) is 3.70. The van der Waals surface area contributed by atoms with E-state index in [1.54, 1.807) is 30.3 Å². The Kier molecular flexibility index (Phi) is 4.61. The van der Waals surface area contributed by atoms with Crippen molar-refractivity contribution in [3.05, 3.63) is 81.0 Å². The Labute approximate surface area is 190 Å². The lowest BCUT2D eigenvalue weighted by molar-refractivity contribution is -0.117. The van der Waals surface area contributed by atoms with Gasteiger partial charge in [-0.15, -0.1) is 0 Å². The fraction of sp³-hybridized carbons (Fsp3) is 0. The number of fused-ring (bicyclic) bond motifs is 1. The van der Waals surface area contributed by atoms with Crippen LogP contribution in [-0.2, 0) is 9.59 Å². The molecule has 2 N–H and O–H groups in total. The van der Waals surface area contributed by atoms with Crippen LogP contribution in [0.25, 0.3) is 17.4 Å². The number of hydrogen-bond donors (Lipinski definition) is 2. The molecule has 32 heavy (non-hydrogen) atoms. The van der Waals surface area contributed by atoms with Crippen LogP contribution < -0.4 is 15.8 Å². The second-order valence-corrected chi connectivity index (χ2v) is 7.80. The van der Waals surface area contributed by atoms with Crippen LogP contribution in [0.2, 0.25) is 10.0 Å². The average Bonchev–Trinajstić information content (AvgIpc) is 3.43. The topological polar surface area (TPSA) is 109 Å². The predicted octanol–water partition coefficient (Wildman–Crippen LogP) is 3.60. The zero-order chi connectivity index (χ0) is 22.6. The van der Waals surface area contributed by atoms with Crippen LogP contribution in [0.15, 0.2) is 58.5 Å². The van der Waals surface area contributed by atoms with Crippen LogP contribution in [0.3, 0.4) is 0 Å². The van der Waals surface area contributed by atoms with E-state index in [0.29, 0.717) is 27.6 Å². The maximum Gasteiger partial charge on any atom is 0.282 e. The van der Waals surface area contributed by atoms with Gasteiger partial charge < -0.3 is 4.42 Å². The first kappa shape index (κ1) is 20.0. The van der Waals surface area contributed by atoms with Crippen molar-refractivity contribution in [2.24, 2.45) is 0 Å². The summed E-state index contributed by atoms with van der Waals surface area (Å²) >= 11 is 11.9. The number of rotatable bonds is 3. The number of imide groups is 1. The van der Waals surface area contributed by atoms with Gasteiger partial charge in [0.2, 0.25) is 0 Å². The van der Waals surface area contributed by atoms with Gasteiger partial charge in [-0.2, -0.15) is 0 Å². The zero-order valence-electron chi connectivity index (χ0n) is 15.9. The van der Waals surface area contributed by atoms with Crippen molar-refractivity contribution in [2.75, 3.05) is 5.01 Å². The summed E-state index contributed by atoms with van der Waals surface area (Å²) in [4.78, 5) is 48.7. The third-order valence-electron chi connectivity index (χ3n) is 4.99. The van der Waals surface area contributed by atoms with Crippen LogP contribution in [0, 0.1) is 0 Å². The van der Waals surface area contributed by atoms with E-state index in [4.69, 9.17) is 27.6 Å². The summed E-state index contributed by atoms with van der Waals surface area (Å²) in [5.74, 6) is -1.45. The largest absolute Gasteiger partial charge is 0.457 e. The Morgan fingerprint density at radius 1 is 0.812 bits per heavy atom. The molecule has 1 saturated heterocycles. The smallest absolute Gasteiger partial charge is 0.282 e. The van der Waals surface area contributed by atoms with Crippen LogP contribution in [-0.4, -0.2) is 23.6 Å². The minimum atomic E-state index is -0.605. The van der Waals surface area contributed by atoms with Crippen LogP contribution in [0.5, 0.6) is 0 Å². The van der Waals surface area contributed by atoms with E-state index in [-0.39, 0.29) is 21.9 Å². The van der Waals surface area contributed by atoms with Gasteiger partial charge in [-0.3, -0.25) is 29.9 Å². The molecular weight excluding hydrogens is 457 g/mol. The van der Waals surface area contributed by atoms with Gasteiger partial charge in [0.25, 0.3) is 23.6 Å². The molecule has 3 heterocycles. The van der Waals surface area contributed by atoms with Gasteiger partial charge in [0.1, 0.15) is 17.1 Å². The molecule has 0 spiro atoms. The molecular formula is C22H11Cl2N3O5. The molecule has 1 fully saturated rings. The monoisotopic (exact) mass is 467 g/mol. The first-order valence-electron chi connectivity index (χ1n) is 9.24. The van der Waals surface area contributed by atoms with Crippen molar-refractivity contribution in [1.82, 2.24) is 10.7 Å². The molecule has 0 radical (unpaired) electrons. The molecule has 0 unspecified atom stereocenters. The molecule has 3 aromatic rings. The highest BCUT2D eigenvalue weighted by Crippen LogP contribution is 2.30. The van der Waals surface area contributed by atoms with Gasteiger partial charge in [0, 0.05) is 5.56 Å². The average molecular weight is 468 g/mol. The number of amides is 4. The highest BCUT2D eigenvalue weighted by molar-refractivity contribution is 6.42. The number of hydrazine groups is 1. The molecule has 2 aliphatic heterocycles. The van der Waals surface area contributed by atoms with E-state index in [1.807, 2.05) is 0 Å². The molecule has 8 nitrogen and oxygen atoms in total. The summed E-state index contributed by atoms with van der Waals surface area (Å²) < 4.78 is 5.74. The fourth-order valence-electron chi connectivity index (χ4n) is 3.41. The maximum absolute atomic E-state index is 12.8. The van der Waals surface area contributed by atoms with E-state index < -0.39 is 23.6 Å². The van der Waals surface area contributed by atoms with Crippen molar-refractivity contribution in [1.29, 1.82) is 0 Å². The summed E-state index contributed by atoms with van der Waals surface area (Å²) in [5, 5.41) is 3.85. The van der Waals surface area contributed by atoms with E-state index in [2.05, 4.69) is 10.7 Å². The molecule has 0 bridgehead atoms. The minimum absolute atomic E-state index is 0.129. The third kappa shape index (κ3) is 3.26. The lowest BCUT2D eigenvalue weighted by atomic mass is 10.0. The number of halogens is 2.